The zero-order chi connectivity index (χ0) is 16.0. The van der Waals surface area contributed by atoms with Crippen molar-refractivity contribution in [3.63, 3.8) is 0 Å². The zero-order valence-corrected chi connectivity index (χ0v) is 14.4. The summed E-state index contributed by atoms with van der Waals surface area (Å²) < 4.78 is 4.38. The van der Waals surface area contributed by atoms with Gasteiger partial charge < -0.3 is 15.0 Å². The van der Waals surface area contributed by atoms with Crippen molar-refractivity contribution in [2.24, 2.45) is 5.41 Å². The number of nitrogens with zero attached hydrogens (tertiary/aromatic N) is 1. The molecule has 1 saturated heterocycles. The number of rotatable bonds is 3. The minimum absolute atomic E-state index is 0.186. The van der Waals surface area contributed by atoms with Crippen LogP contribution in [0.5, 0.6) is 0 Å². The Kier molecular flexibility index (Phi) is 4.23. The molecule has 2 aliphatic rings. The van der Waals surface area contributed by atoms with E-state index in [0.29, 0.717) is 30.3 Å². The van der Waals surface area contributed by atoms with Gasteiger partial charge in [-0.05, 0) is 25.5 Å². The molecule has 22 heavy (non-hydrogen) atoms. The Bertz CT molecular complexity index is 602. The minimum Gasteiger partial charge on any atom is -0.378 e. The third kappa shape index (κ3) is 2.78. The maximum Gasteiger partial charge on any atom is 0.233 e. The summed E-state index contributed by atoms with van der Waals surface area (Å²) >= 11 is 18.5. The number of benzene rings is 1. The van der Waals surface area contributed by atoms with Crippen molar-refractivity contribution < 1.29 is 9.53 Å². The third-order valence-corrected chi connectivity index (χ3v) is 5.73. The smallest absolute Gasteiger partial charge is 0.233 e. The second kappa shape index (κ2) is 5.75. The third-order valence-electron chi connectivity index (χ3n) is 4.32. The van der Waals surface area contributed by atoms with Crippen LogP contribution in [0.2, 0.25) is 5.02 Å². The number of amides is 1. The number of para-hydroxylation sites is 1. The second-order valence-electron chi connectivity index (χ2n) is 5.90. The predicted molar refractivity (Wildman–Crippen MR) is 90.3 cm³/mol. The van der Waals surface area contributed by atoms with Crippen molar-refractivity contribution in [3.05, 3.63) is 23.2 Å². The van der Waals surface area contributed by atoms with Gasteiger partial charge in [-0.25, -0.2) is 0 Å². The van der Waals surface area contributed by atoms with E-state index in [9.17, 15) is 4.79 Å². The van der Waals surface area contributed by atoms with E-state index in [-0.39, 0.29) is 5.91 Å². The number of nitrogens with one attached hydrogen (secondary N) is 1. The number of hydrogen-bond acceptors (Lipinski definition) is 3. The number of halogens is 3. The molecule has 1 aliphatic carbocycles. The van der Waals surface area contributed by atoms with Gasteiger partial charge in [-0.1, -0.05) is 17.7 Å². The summed E-state index contributed by atoms with van der Waals surface area (Å²) in [5.74, 6) is -0.186. The zero-order valence-electron chi connectivity index (χ0n) is 12.2. The number of morpholine rings is 1. The van der Waals surface area contributed by atoms with Gasteiger partial charge in [-0.2, -0.15) is 0 Å². The van der Waals surface area contributed by atoms with Crippen molar-refractivity contribution in [2.75, 3.05) is 36.5 Å². The van der Waals surface area contributed by atoms with Gasteiger partial charge in [-0.15, -0.1) is 23.2 Å². The fourth-order valence-electron chi connectivity index (χ4n) is 2.63. The maximum absolute atomic E-state index is 12.5. The van der Waals surface area contributed by atoms with E-state index in [1.807, 2.05) is 18.2 Å². The quantitative estimate of drug-likeness (QED) is 0.833. The molecule has 2 fully saturated rings. The van der Waals surface area contributed by atoms with Gasteiger partial charge in [0.15, 0.2) is 0 Å². The van der Waals surface area contributed by atoms with E-state index in [1.165, 1.54) is 0 Å². The topological polar surface area (TPSA) is 41.6 Å². The van der Waals surface area contributed by atoms with Crippen molar-refractivity contribution >= 4 is 52.1 Å². The largest absolute Gasteiger partial charge is 0.378 e. The first-order chi connectivity index (χ1) is 10.3. The van der Waals surface area contributed by atoms with E-state index in [0.717, 1.165) is 18.8 Å². The number of ether oxygens (including phenoxy) is 1. The molecule has 1 N–H and O–H groups in total. The summed E-state index contributed by atoms with van der Waals surface area (Å²) in [5.41, 5.74) is 0.734. The first kappa shape index (κ1) is 16.2. The Hall–Kier alpha value is -0.680. The maximum atomic E-state index is 12.5. The molecule has 0 radical (unpaired) electrons. The van der Waals surface area contributed by atoms with Gasteiger partial charge in [0.1, 0.15) is 4.33 Å². The summed E-state index contributed by atoms with van der Waals surface area (Å²) in [5, 5.41) is 3.53. The highest BCUT2D eigenvalue weighted by atomic mass is 35.5. The van der Waals surface area contributed by atoms with Crippen LogP contribution >= 0.6 is 34.8 Å². The minimum atomic E-state index is -0.991. The molecule has 1 aromatic rings. The molecule has 1 aromatic carbocycles. The molecular weight excluding hydrogens is 347 g/mol. The summed E-state index contributed by atoms with van der Waals surface area (Å²) in [6, 6.07) is 5.46. The summed E-state index contributed by atoms with van der Waals surface area (Å²) in [6.45, 7) is 4.52. The van der Waals surface area contributed by atoms with Crippen molar-refractivity contribution in [3.8, 4) is 0 Å². The first-order valence-corrected chi connectivity index (χ1v) is 8.29. The number of carbonyl (C=O) groups is 1. The molecule has 120 valence electrons. The molecule has 7 heteroatoms. The van der Waals surface area contributed by atoms with Crippen LogP contribution in [0.3, 0.4) is 0 Å². The van der Waals surface area contributed by atoms with Gasteiger partial charge >= 0.3 is 0 Å². The lowest BCUT2D eigenvalue weighted by molar-refractivity contribution is -0.120. The molecular formula is C15H17Cl3N2O2. The van der Waals surface area contributed by atoms with Crippen LogP contribution in [0.25, 0.3) is 0 Å². The Morgan fingerprint density at radius 2 is 1.95 bits per heavy atom. The van der Waals surface area contributed by atoms with E-state index in [2.05, 4.69) is 10.2 Å². The van der Waals surface area contributed by atoms with Crippen LogP contribution in [-0.2, 0) is 9.53 Å². The standard InChI is InChI=1S/C15H17Cl3N2O2/c1-14(9-15(14,17)18)13(21)19-11-4-2-3-10(16)12(11)20-5-7-22-8-6-20/h2-4H,5-9H2,1H3,(H,19,21). The van der Waals surface area contributed by atoms with Crippen LogP contribution in [-0.4, -0.2) is 36.5 Å². The van der Waals surface area contributed by atoms with Crippen molar-refractivity contribution in [2.45, 2.75) is 17.7 Å². The predicted octanol–water partition coefficient (Wildman–Crippen LogP) is 3.70. The van der Waals surface area contributed by atoms with Crippen LogP contribution < -0.4 is 10.2 Å². The number of anilines is 2. The molecule has 0 spiro atoms. The Morgan fingerprint density at radius 3 is 2.55 bits per heavy atom. The van der Waals surface area contributed by atoms with E-state index in [1.54, 1.807) is 6.92 Å². The van der Waals surface area contributed by atoms with E-state index in [4.69, 9.17) is 39.5 Å². The van der Waals surface area contributed by atoms with Gasteiger partial charge in [-0.3, -0.25) is 4.79 Å². The molecule has 1 unspecified atom stereocenters. The van der Waals surface area contributed by atoms with Crippen LogP contribution in [0.15, 0.2) is 18.2 Å². The van der Waals surface area contributed by atoms with Crippen LogP contribution in [0.1, 0.15) is 13.3 Å². The molecule has 1 atom stereocenters. The molecule has 1 aliphatic heterocycles. The SMILES string of the molecule is CC1(C(=O)Nc2cccc(Cl)c2N2CCOCC2)CC1(Cl)Cl. The van der Waals surface area contributed by atoms with E-state index < -0.39 is 9.75 Å². The summed E-state index contributed by atoms with van der Waals surface area (Å²) in [6.07, 6.45) is 0.447. The summed E-state index contributed by atoms with van der Waals surface area (Å²) in [7, 11) is 0. The lowest BCUT2D eigenvalue weighted by Gasteiger charge is -2.31. The lowest BCUT2D eigenvalue weighted by atomic mass is 10.1. The fraction of sp³-hybridized carbons (Fsp3) is 0.533. The number of hydrogen-bond donors (Lipinski definition) is 1. The average molecular weight is 364 g/mol. The highest BCUT2D eigenvalue weighted by Gasteiger charge is 2.67. The second-order valence-corrected chi connectivity index (χ2v) is 7.79. The Labute approximate surface area is 144 Å². The fourth-order valence-corrected chi connectivity index (χ4v) is 3.63. The van der Waals surface area contributed by atoms with Crippen LogP contribution in [0.4, 0.5) is 11.4 Å². The van der Waals surface area contributed by atoms with Crippen LogP contribution in [0, 0.1) is 5.41 Å². The van der Waals surface area contributed by atoms with Gasteiger partial charge in [0.2, 0.25) is 5.91 Å². The number of carbonyl (C=O) groups excluding carboxylic acids is 1. The van der Waals surface area contributed by atoms with Gasteiger partial charge in [0, 0.05) is 13.1 Å². The highest BCUT2D eigenvalue weighted by molar-refractivity contribution is 6.53. The average Bonchev–Trinajstić information content (AvgIpc) is 3.00. The number of alkyl halides is 2. The van der Waals surface area contributed by atoms with Gasteiger partial charge in [0.25, 0.3) is 0 Å². The molecule has 1 amide bonds. The normalized spacial score (nSPS) is 26.6. The molecule has 0 aromatic heterocycles. The monoisotopic (exact) mass is 362 g/mol. The Morgan fingerprint density at radius 1 is 1.32 bits per heavy atom. The highest BCUT2D eigenvalue weighted by Crippen LogP contribution is 2.64. The van der Waals surface area contributed by atoms with Gasteiger partial charge in [0.05, 0.1) is 35.0 Å². The molecule has 1 heterocycles. The Balaban J connectivity index is 1.85. The van der Waals surface area contributed by atoms with Crippen molar-refractivity contribution in [1.82, 2.24) is 0 Å². The molecule has 0 bridgehead atoms. The molecule has 3 rings (SSSR count). The first-order valence-electron chi connectivity index (χ1n) is 7.16. The molecule has 4 nitrogen and oxygen atoms in total. The lowest BCUT2D eigenvalue weighted by Crippen LogP contribution is -2.37. The molecule has 1 saturated carbocycles. The summed E-state index contributed by atoms with van der Waals surface area (Å²) in [4.78, 5) is 14.6. The van der Waals surface area contributed by atoms with E-state index >= 15 is 0 Å². The van der Waals surface area contributed by atoms with Crippen molar-refractivity contribution in [1.29, 1.82) is 0 Å².